The minimum Gasteiger partial charge on any atom is -0.302 e. The number of benzene rings is 2. The van der Waals surface area contributed by atoms with Crippen LogP contribution in [-0.4, -0.2) is 67.8 Å². The lowest BCUT2D eigenvalue weighted by atomic mass is 9.96. The van der Waals surface area contributed by atoms with E-state index in [0.717, 1.165) is 47.5 Å². The van der Waals surface area contributed by atoms with Crippen LogP contribution in [0.2, 0.25) is 0 Å². The molecule has 0 radical (unpaired) electrons. The summed E-state index contributed by atoms with van der Waals surface area (Å²) >= 11 is 1.52. The molecule has 1 aromatic heterocycles. The molecule has 194 valence electrons. The first-order valence-corrected chi connectivity index (χ1v) is 14.7. The van der Waals surface area contributed by atoms with Gasteiger partial charge in [-0.05, 0) is 68.8 Å². The van der Waals surface area contributed by atoms with E-state index in [1.807, 2.05) is 25.1 Å². The number of fused-ring (bicyclic) bond motifs is 1. The van der Waals surface area contributed by atoms with Gasteiger partial charge >= 0.3 is 0 Å². The molecular formula is C26H33FN4O3S2. The molecule has 4 rings (SSSR count). The molecule has 0 bridgehead atoms. The maximum absolute atomic E-state index is 13.8. The zero-order valence-corrected chi connectivity index (χ0v) is 22.6. The summed E-state index contributed by atoms with van der Waals surface area (Å²) in [4.78, 5) is 22.8. The van der Waals surface area contributed by atoms with Crippen molar-refractivity contribution in [2.45, 2.75) is 38.5 Å². The molecule has 0 atom stereocenters. The zero-order valence-electron chi connectivity index (χ0n) is 21.0. The average molecular weight is 533 g/mol. The molecule has 0 N–H and O–H groups in total. The van der Waals surface area contributed by atoms with E-state index in [-0.39, 0.29) is 29.8 Å². The lowest BCUT2D eigenvalue weighted by Gasteiger charge is -2.33. The third kappa shape index (κ3) is 5.61. The van der Waals surface area contributed by atoms with E-state index in [1.165, 1.54) is 27.8 Å². The maximum Gasteiger partial charge on any atom is 0.243 e. The fraction of sp³-hybridized carbons (Fsp3) is 0.462. The van der Waals surface area contributed by atoms with Crippen molar-refractivity contribution in [1.29, 1.82) is 0 Å². The van der Waals surface area contributed by atoms with Gasteiger partial charge < -0.3 is 4.90 Å². The van der Waals surface area contributed by atoms with Crippen molar-refractivity contribution in [1.82, 2.24) is 14.2 Å². The van der Waals surface area contributed by atoms with Crippen molar-refractivity contribution < 1.29 is 17.6 Å². The van der Waals surface area contributed by atoms with Gasteiger partial charge in [0.15, 0.2) is 5.13 Å². The SMILES string of the molecule is CCN(CC)CCN(C(=O)C1CCN(S(=O)(=O)c2ccc(F)cc2)CC1)c1nc2c(C)cccc2s1. The summed E-state index contributed by atoms with van der Waals surface area (Å²) in [5.74, 6) is -0.764. The molecule has 1 aliphatic rings. The number of rotatable bonds is 9. The zero-order chi connectivity index (χ0) is 25.9. The number of para-hydroxylation sites is 1. The first-order valence-electron chi connectivity index (χ1n) is 12.4. The Labute approximate surface area is 216 Å². The van der Waals surface area contributed by atoms with Crippen molar-refractivity contribution in [2.24, 2.45) is 5.92 Å². The highest BCUT2D eigenvalue weighted by Gasteiger charge is 2.35. The number of likely N-dealkylation sites (N-methyl/N-ethyl adjacent to an activating group) is 1. The van der Waals surface area contributed by atoms with Gasteiger partial charge in [-0.2, -0.15) is 4.31 Å². The van der Waals surface area contributed by atoms with Gasteiger partial charge in [-0.25, -0.2) is 17.8 Å². The van der Waals surface area contributed by atoms with Crippen LogP contribution in [0.1, 0.15) is 32.3 Å². The highest BCUT2D eigenvalue weighted by molar-refractivity contribution is 7.89. The van der Waals surface area contributed by atoms with Gasteiger partial charge in [-0.3, -0.25) is 9.69 Å². The molecule has 2 heterocycles. The van der Waals surface area contributed by atoms with Crippen LogP contribution in [0, 0.1) is 18.7 Å². The normalized spacial score (nSPS) is 15.6. The van der Waals surface area contributed by atoms with Gasteiger partial charge in [0.2, 0.25) is 15.9 Å². The molecule has 3 aromatic rings. The van der Waals surface area contributed by atoms with E-state index in [1.54, 1.807) is 4.90 Å². The average Bonchev–Trinajstić information content (AvgIpc) is 3.32. The topological polar surface area (TPSA) is 73.8 Å². The summed E-state index contributed by atoms with van der Waals surface area (Å²) in [6.07, 6.45) is 0.871. The molecular weight excluding hydrogens is 499 g/mol. The lowest BCUT2D eigenvalue weighted by molar-refractivity contribution is -0.123. The minimum atomic E-state index is -3.73. The second kappa shape index (κ2) is 11.3. The Morgan fingerprint density at radius 1 is 1.08 bits per heavy atom. The number of carbonyl (C=O) groups is 1. The Kier molecular flexibility index (Phi) is 8.39. The molecule has 36 heavy (non-hydrogen) atoms. The van der Waals surface area contributed by atoms with Gasteiger partial charge in [0, 0.05) is 32.1 Å². The van der Waals surface area contributed by atoms with Crippen molar-refractivity contribution >= 4 is 42.6 Å². The van der Waals surface area contributed by atoms with Crippen LogP contribution in [0.4, 0.5) is 9.52 Å². The Morgan fingerprint density at radius 3 is 2.36 bits per heavy atom. The molecule has 0 spiro atoms. The highest BCUT2D eigenvalue weighted by Crippen LogP contribution is 2.33. The molecule has 1 saturated heterocycles. The summed E-state index contributed by atoms with van der Waals surface area (Å²) in [5, 5.41) is 0.692. The number of aromatic nitrogens is 1. The van der Waals surface area contributed by atoms with Gasteiger partial charge in [0.1, 0.15) is 5.82 Å². The molecule has 2 aromatic carbocycles. The molecule has 1 fully saturated rings. The van der Waals surface area contributed by atoms with Crippen LogP contribution in [0.25, 0.3) is 10.2 Å². The van der Waals surface area contributed by atoms with Crippen LogP contribution in [-0.2, 0) is 14.8 Å². The molecule has 10 heteroatoms. The van der Waals surface area contributed by atoms with E-state index >= 15 is 0 Å². The van der Waals surface area contributed by atoms with Gasteiger partial charge in [-0.15, -0.1) is 0 Å². The van der Waals surface area contributed by atoms with Crippen LogP contribution in [0.15, 0.2) is 47.4 Å². The molecule has 0 aliphatic carbocycles. The number of thiazole rings is 1. The van der Waals surface area contributed by atoms with Crippen LogP contribution >= 0.6 is 11.3 Å². The third-order valence-electron chi connectivity index (χ3n) is 6.90. The van der Waals surface area contributed by atoms with Crippen molar-refractivity contribution in [3.63, 3.8) is 0 Å². The lowest BCUT2D eigenvalue weighted by Crippen LogP contribution is -2.46. The number of anilines is 1. The van der Waals surface area contributed by atoms with Crippen LogP contribution in [0.3, 0.4) is 0 Å². The Bertz CT molecular complexity index is 1300. The number of hydrogen-bond donors (Lipinski definition) is 0. The molecule has 1 amide bonds. The number of aryl methyl sites for hydroxylation is 1. The number of amides is 1. The van der Waals surface area contributed by atoms with Crippen molar-refractivity contribution in [2.75, 3.05) is 44.2 Å². The molecule has 0 saturated carbocycles. The third-order valence-corrected chi connectivity index (χ3v) is 9.85. The fourth-order valence-electron chi connectivity index (χ4n) is 4.59. The number of piperidine rings is 1. The smallest absolute Gasteiger partial charge is 0.243 e. The molecule has 0 unspecified atom stereocenters. The largest absolute Gasteiger partial charge is 0.302 e. The standard InChI is InChI=1S/C26H33FN4O3S2/c1-4-29(5-2)17-18-31(26-28-24-19(3)7-6-8-23(24)35-26)25(32)20-13-15-30(16-14-20)36(33,34)22-11-9-21(27)10-12-22/h6-12,20H,4-5,13-18H2,1-3H3. The number of nitrogens with zero attached hydrogens (tertiary/aromatic N) is 4. The number of halogens is 1. The summed E-state index contributed by atoms with van der Waals surface area (Å²) < 4.78 is 41.7. The summed E-state index contributed by atoms with van der Waals surface area (Å²) in [5.41, 5.74) is 1.99. The fourth-order valence-corrected chi connectivity index (χ4v) is 7.14. The summed E-state index contributed by atoms with van der Waals surface area (Å²) in [6, 6.07) is 10.9. The summed E-state index contributed by atoms with van der Waals surface area (Å²) in [7, 11) is -3.73. The van der Waals surface area contributed by atoms with E-state index in [9.17, 15) is 17.6 Å². The van der Waals surface area contributed by atoms with Crippen LogP contribution < -0.4 is 4.90 Å². The molecule has 1 aliphatic heterocycles. The van der Waals surface area contributed by atoms with E-state index in [2.05, 4.69) is 18.7 Å². The van der Waals surface area contributed by atoms with E-state index < -0.39 is 15.8 Å². The van der Waals surface area contributed by atoms with E-state index in [4.69, 9.17) is 4.98 Å². The number of sulfonamides is 1. The summed E-state index contributed by atoms with van der Waals surface area (Å²) in [6.45, 7) is 9.80. The van der Waals surface area contributed by atoms with Gasteiger partial charge in [-0.1, -0.05) is 37.3 Å². The minimum absolute atomic E-state index is 0.00213. The monoisotopic (exact) mass is 532 g/mol. The first-order chi connectivity index (χ1) is 17.2. The van der Waals surface area contributed by atoms with Gasteiger partial charge in [0.25, 0.3) is 0 Å². The Hall–Kier alpha value is -2.40. The predicted molar refractivity (Wildman–Crippen MR) is 142 cm³/mol. The maximum atomic E-state index is 13.8. The van der Waals surface area contributed by atoms with Crippen molar-refractivity contribution in [3.8, 4) is 0 Å². The quantitative estimate of drug-likeness (QED) is 0.405. The number of hydrogen-bond acceptors (Lipinski definition) is 6. The van der Waals surface area contributed by atoms with Crippen molar-refractivity contribution in [3.05, 3.63) is 53.8 Å². The molecule has 7 nitrogen and oxygen atoms in total. The second-order valence-corrected chi connectivity index (χ2v) is 12.0. The van der Waals surface area contributed by atoms with Crippen LogP contribution in [0.5, 0.6) is 0 Å². The van der Waals surface area contributed by atoms with Gasteiger partial charge in [0.05, 0.1) is 15.1 Å². The highest BCUT2D eigenvalue weighted by atomic mass is 32.2. The van der Waals surface area contributed by atoms with E-state index in [0.29, 0.717) is 24.5 Å². The predicted octanol–water partition coefficient (Wildman–Crippen LogP) is 4.52. The Balaban J connectivity index is 1.52. The first kappa shape index (κ1) is 26.7. The Morgan fingerprint density at radius 2 is 1.75 bits per heavy atom. The number of carbonyl (C=O) groups excluding carboxylic acids is 1. The second-order valence-electron chi connectivity index (χ2n) is 9.07.